The van der Waals surface area contributed by atoms with Crippen LogP contribution in [0.1, 0.15) is 23.7 Å². The standard InChI is InChI=1S/C27H24N4O4S/c1-2-34-23-11-9-22(10-12-23)29-27-25(17-28)30-26(35-27)20-7-13-24(14-8-20)36(32,33)31-16-15-19-5-3-4-6-21(19)18-31/h3-14,29H,2,15-16,18H2,1H3. The molecule has 5 rings (SSSR count). The van der Waals surface area contributed by atoms with Gasteiger partial charge < -0.3 is 14.5 Å². The normalized spacial score (nSPS) is 13.6. The lowest BCUT2D eigenvalue weighted by atomic mass is 10.0. The molecule has 2 heterocycles. The quantitative estimate of drug-likeness (QED) is 0.376. The molecule has 0 saturated heterocycles. The average Bonchev–Trinajstić information content (AvgIpc) is 3.32. The van der Waals surface area contributed by atoms with E-state index in [2.05, 4.69) is 10.3 Å². The minimum atomic E-state index is -3.65. The van der Waals surface area contributed by atoms with Crippen LogP contribution in [0.15, 0.2) is 82.1 Å². The van der Waals surface area contributed by atoms with Gasteiger partial charge in [0.2, 0.25) is 27.5 Å². The fourth-order valence-electron chi connectivity index (χ4n) is 4.13. The van der Waals surface area contributed by atoms with E-state index in [9.17, 15) is 13.7 Å². The highest BCUT2D eigenvalue weighted by Gasteiger charge is 2.28. The zero-order chi connectivity index (χ0) is 25.1. The van der Waals surface area contributed by atoms with Crippen LogP contribution >= 0.6 is 0 Å². The van der Waals surface area contributed by atoms with Crippen molar-refractivity contribution in [3.8, 4) is 23.3 Å². The summed E-state index contributed by atoms with van der Waals surface area (Å²) < 4.78 is 39.2. The average molecular weight is 501 g/mol. The molecule has 1 N–H and O–H groups in total. The maximum atomic E-state index is 13.2. The van der Waals surface area contributed by atoms with E-state index in [1.165, 1.54) is 9.87 Å². The Hall–Kier alpha value is -4.13. The van der Waals surface area contributed by atoms with Crippen LogP contribution in [-0.4, -0.2) is 30.9 Å². The molecule has 0 saturated carbocycles. The second-order valence-corrected chi connectivity index (χ2v) is 10.2. The van der Waals surface area contributed by atoms with Gasteiger partial charge in [-0.1, -0.05) is 24.3 Å². The first-order valence-electron chi connectivity index (χ1n) is 11.6. The molecule has 1 aliphatic rings. The van der Waals surface area contributed by atoms with Crippen LogP contribution in [0.2, 0.25) is 0 Å². The van der Waals surface area contributed by atoms with Crippen molar-refractivity contribution in [2.45, 2.75) is 24.8 Å². The molecule has 36 heavy (non-hydrogen) atoms. The van der Waals surface area contributed by atoms with Crippen LogP contribution in [0.5, 0.6) is 5.75 Å². The van der Waals surface area contributed by atoms with Crippen LogP contribution in [0.3, 0.4) is 0 Å². The third kappa shape index (κ3) is 4.69. The number of fused-ring (bicyclic) bond motifs is 1. The third-order valence-corrected chi connectivity index (χ3v) is 7.85. The van der Waals surface area contributed by atoms with Crippen LogP contribution < -0.4 is 10.1 Å². The van der Waals surface area contributed by atoms with E-state index < -0.39 is 10.0 Å². The van der Waals surface area contributed by atoms with Crippen LogP contribution in [0.4, 0.5) is 11.6 Å². The number of anilines is 2. The molecule has 0 spiro atoms. The Morgan fingerprint density at radius 2 is 1.78 bits per heavy atom. The monoisotopic (exact) mass is 500 g/mol. The Kier molecular flexibility index (Phi) is 6.46. The number of rotatable bonds is 7. The van der Waals surface area contributed by atoms with Gasteiger partial charge in [-0.05, 0) is 73.0 Å². The predicted molar refractivity (Wildman–Crippen MR) is 135 cm³/mol. The smallest absolute Gasteiger partial charge is 0.243 e. The van der Waals surface area contributed by atoms with Gasteiger partial charge in [-0.15, -0.1) is 0 Å². The lowest BCUT2D eigenvalue weighted by molar-refractivity contribution is 0.340. The third-order valence-electron chi connectivity index (χ3n) is 5.99. The first-order chi connectivity index (χ1) is 17.5. The molecular weight excluding hydrogens is 476 g/mol. The van der Waals surface area contributed by atoms with Crippen molar-refractivity contribution >= 4 is 21.6 Å². The molecule has 1 aliphatic heterocycles. The van der Waals surface area contributed by atoms with Crippen LogP contribution in [0.25, 0.3) is 11.5 Å². The molecule has 0 unspecified atom stereocenters. The molecule has 0 amide bonds. The van der Waals surface area contributed by atoms with Gasteiger partial charge in [0.25, 0.3) is 0 Å². The Bertz CT molecular complexity index is 1520. The lowest BCUT2D eigenvalue weighted by Gasteiger charge is -2.28. The minimum Gasteiger partial charge on any atom is -0.494 e. The minimum absolute atomic E-state index is 0.0996. The number of aromatic nitrogens is 1. The van der Waals surface area contributed by atoms with Gasteiger partial charge >= 0.3 is 0 Å². The Morgan fingerprint density at radius 1 is 1.06 bits per heavy atom. The van der Waals surface area contributed by atoms with Crippen molar-refractivity contribution in [3.05, 3.63) is 89.6 Å². The van der Waals surface area contributed by atoms with Gasteiger partial charge in [0.1, 0.15) is 11.8 Å². The van der Waals surface area contributed by atoms with Crippen molar-refractivity contribution in [1.82, 2.24) is 9.29 Å². The number of nitrogens with one attached hydrogen (secondary N) is 1. The van der Waals surface area contributed by atoms with Crippen molar-refractivity contribution < 1.29 is 17.6 Å². The molecule has 9 heteroatoms. The molecule has 0 bridgehead atoms. The van der Waals surface area contributed by atoms with Gasteiger partial charge in [-0.3, -0.25) is 0 Å². The van der Waals surface area contributed by atoms with Gasteiger partial charge in [-0.25, -0.2) is 8.42 Å². The number of nitriles is 1. The number of benzene rings is 3. The topological polar surface area (TPSA) is 108 Å². The largest absolute Gasteiger partial charge is 0.494 e. The van der Waals surface area contributed by atoms with E-state index >= 15 is 0 Å². The van der Waals surface area contributed by atoms with Crippen molar-refractivity contribution in [2.24, 2.45) is 0 Å². The number of ether oxygens (including phenoxy) is 1. The number of sulfonamides is 1. The van der Waals surface area contributed by atoms with Crippen LogP contribution in [-0.2, 0) is 23.0 Å². The summed E-state index contributed by atoms with van der Waals surface area (Å²) in [6.07, 6.45) is 0.685. The van der Waals surface area contributed by atoms with E-state index in [1.807, 2.05) is 61.5 Å². The van der Waals surface area contributed by atoms with E-state index in [-0.39, 0.29) is 22.4 Å². The fraction of sp³-hybridized carbons (Fsp3) is 0.185. The van der Waals surface area contributed by atoms with Crippen molar-refractivity contribution in [3.63, 3.8) is 0 Å². The summed E-state index contributed by atoms with van der Waals surface area (Å²) in [5, 5.41) is 12.6. The Morgan fingerprint density at radius 3 is 2.47 bits per heavy atom. The fourth-order valence-corrected chi connectivity index (χ4v) is 5.55. The molecular formula is C27H24N4O4S. The molecule has 4 aromatic rings. The van der Waals surface area contributed by atoms with Crippen molar-refractivity contribution in [1.29, 1.82) is 5.26 Å². The summed E-state index contributed by atoms with van der Waals surface area (Å²) in [6.45, 7) is 3.28. The zero-order valence-corrected chi connectivity index (χ0v) is 20.5. The SMILES string of the molecule is CCOc1ccc(Nc2oc(-c3ccc(S(=O)(=O)N4CCc5ccccc5C4)cc3)nc2C#N)cc1. The van der Waals surface area contributed by atoms with Gasteiger partial charge in [0.15, 0.2) is 0 Å². The molecule has 0 radical (unpaired) electrons. The highest BCUT2D eigenvalue weighted by atomic mass is 32.2. The van der Waals surface area contributed by atoms with Gasteiger partial charge in [0, 0.05) is 24.3 Å². The Balaban J connectivity index is 1.34. The first kappa shape index (κ1) is 23.6. The van der Waals surface area contributed by atoms with E-state index in [1.54, 1.807) is 24.3 Å². The molecule has 0 aliphatic carbocycles. The summed E-state index contributed by atoms with van der Waals surface area (Å²) in [7, 11) is -3.65. The highest BCUT2D eigenvalue weighted by Crippen LogP contribution is 2.30. The van der Waals surface area contributed by atoms with E-state index in [0.29, 0.717) is 37.4 Å². The summed E-state index contributed by atoms with van der Waals surface area (Å²) >= 11 is 0. The van der Waals surface area contributed by atoms with E-state index in [0.717, 1.165) is 11.3 Å². The second kappa shape index (κ2) is 9.85. The molecule has 8 nitrogen and oxygen atoms in total. The summed E-state index contributed by atoms with van der Waals surface area (Å²) in [4.78, 5) is 4.47. The molecule has 0 fully saturated rings. The Labute approximate surface area is 209 Å². The number of oxazole rings is 1. The van der Waals surface area contributed by atoms with Gasteiger partial charge in [-0.2, -0.15) is 14.6 Å². The molecule has 182 valence electrons. The van der Waals surface area contributed by atoms with Gasteiger partial charge in [0.05, 0.1) is 11.5 Å². The zero-order valence-electron chi connectivity index (χ0n) is 19.6. The number of hydrogen-bond donors (Lipinski definition) is 1. The summed E-state index contributed by atoms with van der Waals surface area (Å²) in [5.41, 5.74) is 3.59. The molecule has 1 aromatic heterocycles. The first-order valence-corrected chi connectivity index (χ1v) is 13.0. The molecule has 0 atom stereocenters. The number of hydrogen-bond acceptors (Lipinski definition) is 7. The van der Waals surface area contributed by atoms with E-state index in [4.69, 9.17) is 9.15 Å². The summed E-state index contributed by atoms with van der Waals surface area (Å²) in [5.74, 6) is 1.17. The molecule has 3 aromatic carbocycles. The second-order valence-electron chi connectivity index (χ2n) is 8.27. The lowest BCUT2D eigenvalue weighted by Crippen LogP contribution is -2.35. The predicted octanol–water partition coefficient (Wildman–Crippen LogP) is 5.10. The van der Waals surface area contributed by atoms with Crippen molar-refractivity contribution in [2.75, 3.05) is 18.5 Å². The maximum absolute atomic E-state index is 13.2. The van der Waals surface area contributed by atoms with Crippen LogP contribution in [0, 0.1) is 11.3 Å². The number of nitrogens with zero attached hydrogens (tertiary/aromatic N) is 3. The maximum Gasteiger partial charge on any atom is 0.243 e. The highest BCUT2D eigenvalue weighted by molar-refractivity contribution is 7.89. The summed E-state index contributed by atoms with van der Waals surface area (Å²) in [6, 6.07) is 23.6.